The number of furan rings is 1. The van der Waals surface area contributed by atoms with Crippen molar-refractivity contribution in [1.82, 2.24) is 14.1 Å². The number of rotatable bonds is 4. The van der Waals surface area contributed by atoms with E-state index in [1.54, 1.807) is 37.3 Å². The molecule has 6 nitrogen and oxygen atoms in total. The second-order valence-electron chi connectivity index (χ2n) is 4.90. The van der Waals surface area contributed by atoms with Crippen LogP contribution >= 0.6 is 11.7 Å². The maximum absolute atomic E-state index is 12.1. The number of fused-ring (bicyclic) bond motifs is 1. The Morgan fingerprint density at radius 2 is 2.19 bits per heavy atom. The van der Waals surface area contributed by atoms with Gasteiger partial charge in [0, 0.05) is 5.56 Å². The van der Waals surface area contributed by atoms with Gasteiger partial charge in [-0.3, -0.25) is 4.79 Å². The maximum Gasteiger partial charge on any atom is 0.251 e. The number of amides is 1. The summed E-state index contributed by atoms with van der Waals surface area (Å²) < 4.78 is 13.3. The summed E-state index contributed by atoms with van der Waals surface area (Å²) in [5.41, 5.74) is 0.667. The molecular formula is C14H13N3O3S. The molecule has 1 atom stereocenters. The van der Waals surface area contributed by atoms with Gasteiger partial charge in [-0.05, 0) is 37.3 Å². The molecule has 0 aliphatic heterocycles. The molecule has 0 bridgehead atoms. The van der Waals surface area contributed by atoms with Gasteiger partial charge in [0.05, 0.1) is 24.5 Å². The molecule has 0 fully saturated rings. The van der Waals surface area contributed by atoms with Gasteiger partial charge in [0.25, 0.3) is 5.91 Å². The van der Waals surface area contributed by atoms with Crippen molar-refractivity contribution in [3.63, 3.8) is 0 Å². The third-order valence-corrected chi connectivity index (χ3v) is 3.72. The van der Waals surface area contributed by atoms with Gasteiger partial charge >= 0.3 is 0 Å². The molecule has 108 valence electrons. The van der Waals surface area contributed by atoms with E-state index in [-0.39, 0.29) is 12.5 Å². The van der Waals surface area contributed by atoms with E-state index >= 15 is 0 Å². The third-order valence-electron chi connectivity index (χ3n) is 3.16. The third kappa shape index (κ3) is 2.79. The monoisotopic (exact) mass is 303 g/mol. The highest BCUT2D eigenvalue weighted by molar-refractivity contribution is 7.00. The average Bonchev–Trinajstić information content (AvgIpc) is 3.14. The fourth-order valence-electron chi connectivity index (χ4n) is 1.95. The van der Waals surface area contributed by atoms with Crippen LogP contribution in [0.25, 0.3) is 11.0 Å². The zero-order valence-electron chi connectivity index (χ0n) is 11.2. The molecule has 0 spiro atoms. The number of nitrogens with zero attached hydrogens (tertiary/aromatic N) is 2. The lowest BCUT2D eigenvalue weighted by atomic mass is 10.0. The summed E-state index contributed by atoms with van der Waals surface area (Å²) in [7, 11) is 0. The quantitative estimate of drug-likeness (QED) is 0.769. The van der Waals surface area contributed by atoms with Gasteiger partial charge in [-0.25, -0.2) is 0 Å². The average molecular weight is 303 g/mol. The number of carbonyl (C=O) groups excluding carboxylic acids is 1. The van der Waals surface area contributed by atoms with Crippen LogP contribution in [-0.2, 0) is 5.60 Å². The molecule has 1 amide bonds. The highest BCUT2D eigenvalue weighted by Crippen LogP contribution is 2.20. The summed E-state index contributed by atoms with van der Waals surface area (Å²) in [5.74, 6) is 0.124. The Balaban J connectivity index is 1.71. The molecule has 3 rings (SSSR count). The van der Waals surface area contributed by atoms with Gasteiger partial charge in [-0.15, -0.1) is 0 Å². The molecule has 0 aliphatic carbocycles. The normalized spacial score (nSPS) is 14.0. The molecular weight excluding hydrogens is 290 g/mol. The highest BCUT2D eigenvalue weighted by atomic mass is 32.1. The zero-order chi connectivity index (χ0) is 14.9. The van der Waals surface area contributed by atoms with Crippen LogP contribution in [0, 0.1) is 0 Å². The van der Waals surface area contributed by atoms with Crippen molar-refractivity contribution in [2.24, 2.45) is 0 Å². The summed E-state index contributed by atoms with van der Waals surface area (Å²) >= 11 is 1.11. The van der Waals surface area contributed by atoms with Crippen molar-refractivity contribution in [2.45, 2.75) is 12.5 Å². The minimum Gasteiger partial charge on any atom is -0.466 e. The summed E-state index contributed by atoms with van der Waals surface area (Å²) in [6.45, 7) is 1.63. The molecule has 0 aliphatic rings. The lowest BCUT2D eigenvalue weighted by Gasteiger charge is -2.21. The van der Waals surface area contributed by atoms with Crippen LogP contribution in [0.1, 0.15) is 23.0 Å². The Morgan fingerprint density at radius 3 is 2.95 bits per heavy atom. The van der Waals surface area contributed by atoms with E-state index in [0.717, 1.165) is 17.2 Å². The number of hydrogen-bond donors (Lipinski definition) is 2. The Bertz CT molecular complexity index is 765. The first-order valence-corrected chi connectivity index (χ1v) is 7.06. The number of carbonyl (C=O) groups is 1. The van der Waals surface area contributed by atoms with E-state index in [1.807, 2.05) is 0 Å². The number of hydrogen-bond acceptors (Lipinski definition) is 6. The van der Waals surface area contributed by atoms with Crippen LogP contribution < -0.4 is 5.32 Å². The molecule has 0 unspecified atom stereocenters. The van der Waals surface area contributed by atoms with E-state index in [2.05, 4.69) is 14.1 Å². The number of nitrogens with one attached hydrogen (secondary N) is 1. The maximum atomic E-state index is 12.1. The summed E-state index contributed by atoms with van der Waals surface area (Å²) in [4.78, 5) is 12.1. The molecule has 21 heavy (non-hydrogen) atoms. The summed E-state index contributed by atoms with van der Waals surface area (Å²) in [6, 6.07) is 8.46. The topological polar surface area (TPSA) is 88.2 Å². The first-order valence-electron chi connectivity index (χ1n) is 6.33. The van der Waals surface area contributed by atoms with Crippen LogP contribution in [0.15, 0.2) is 41.0 Å². The number of aliphatic hydroxyl groups is 1. The number of benzene rings is 1. The summed E-state index contributed by atoms with van der Waals surface area (Å²) in [6.07, 6.45) is 1.48. The predicted octanol–water partition coefficient (Wildman–Crippen LogP) is 1.92. The van der Waals surface area contributed by atoms with E-state index in [1.165, 1.54) is 6.26 Å². The van der Waals surface area contributed by atoms with Crippen LogP contribution in [0.3, 0.4) is 0 Å². The fraction of sp³-hybridized carbons (Fsp3) is 0.214. The predicted molar refractivity (Wildman–Crippen MR) is 78.0 cm³/mol. The van der Waals surface area contributed by atoms with Crippen molar-refractivity contribution in [3.8, 4) is 0 Å². The van der Waals surface area contributed by atoms with E-state index in [9.17, 15) is 9.90 Å². The molecule has 2 heterocycles. The Hall–Kier alpha value is -2.25. The van der Waals surface area contributed by atoms with Crippen molar-refractivity contribution in [3.05, 3.63) is 47.9 Å². The van der Waals surface area contributed by atoms with Gasteiger partial charge < -0.3 is 14.8 Å². The zero-order valence-corrected chi connectivity index (χ0v) is 12.1. The smallest absolute Gasteiger partial charge is 0.251 e. The molecule has 3 aromatic rings. The Kier molecular flexibility index (Phi) is 3.44. The number of aromatic nitrogens is 2. The lowest BCUT2D eigenvalue weighted by Crippen LogP contribution is -2.38. The summed E-state index contributed by atoms with van der Waals surface area (Å²) in [5, 5.41) is 13.0. The van der Waals surface area contributed by atoms with E-state index in [4.69, 9.17) is 4.42 Å². The second-order valence-corrected chi connectivity index (χ2v) is 5.43. The van der Waals surface area contributed by atoms with E-state index < -0.39 is 5.60 Å². The Morgan fingerprint density at radius 1 is 1.38 bits per heavy atom. The van der Waals surface area contributed by atoms with Crippen molar-refractivity contribution in [2.75, 3.05) is 6.54 Å². The largest absolute Gasteiger partial charge is 0.466 e. The molecule has 7 heteroatoms. The van der Waals surface area contributed by atoms with Gasteiger partial charge in [0.1, 0.15) is 22.4 Å². The van der Waals surface area contributed by atoms with Crippen molar-refractivity contribution in [1.29, 1.82) is 0 Å². The standard InChI is InChI=1S/C14H13N3O3S/c1-14(19,12-3-2-6-20-12)8-15-13(18)9-4-5-10-11(7-9)17-21-16-10/h2-7,19H,8H2,1H3,(H,15,18)/t14-/m1/s1. The molecule has 0 saturated heterocycles. The van der Waals surface area contributed by atoms with Crippen LogP contribution in [0.4, 0.5) is 0 Å². The van der Waals surface area contributed by atoms with Gasteiger partial charge in [0.15, 0.2) is 0 Å². The minimum absolute atomic E-state index is 0.0483. The van der Waals surface area contributed by atoms with Gasteiger partial charge in [-0.2, -0.15) is 8.75 Å². The minimum atomic E-state index is -1.26. The van der Waals surface area contributed by atoms with Crippen LogP contribution in [0.5, 0.6) is 0 Å². The molecule has 0 radical (unpaired) electrons. The first kappa shape index (κ1) is 13.7. The molecule has 2 aromatic heterocycles. The van der Waals surface area contributed by atoms with E-state index in [0.29, 0.717) is 16.8 Å². The van der Waals surface area contributed by atoms with Gasteiger partial charge in [0.2, 0.25) is 0 Å². The molecule has 0 saturated carbocycles. The van der Waals surface area contributed by atoms with Crippen LogP contribution in [0.2, 0.25) is 0 Å². The van der Waals surface area contributed by atoms with Crippen molar-refractivity contribution < 1.29 is 14.3 Å². The first-order chi connectivity index (χ1) is 10.1. The van der Waals surface area contributed by atoms with Crippen LogP contribution in [-0.4, -0.2) is 26.3 Å². The second kappa shape index (κ2) is 5.27. The lowest BCUT2D eigenvalue weighted by molar-refractivity contribution is 0.0330. The Labute approximate surface area is 124 Å². The van der Waals surface area contributed by atoms with Gasteiger partial charge in [-0.1, -0.05) is 0 Å². The fourth-order valence-corrected chi connectivity index (χ4v) is 2.47. The molecule has 1 aromatic carbocycles. The highest BCUT2D eigenvalue weighted by Gasteiger charge is 2.27. The molecule has 2 N–H and O–H groups in total. The van der Waals surface area contributed by atoms with Crippen molar-refractivity contribution >= 4 is 28.7 Å². The SMILES string of the molecule is C[C@@](O)(CNC(=O)c1ccc2nsnc2c1)c1ccco1.